The number of methoxy groups -OCH3 is 1. The smallest absolute Gasteiger partial charge is 0.238 e. The van der Waals surface area contributed by atoms with Crippen molar-refractivity contribution in [3.63, 3.8) is 0 Å². The van der Waals surface area contributed by atoms with E-state index < -0.39 is 0 Å². The molecule has 1 amide bonds. The molecular weight excluding hydrogens is 284 g/mol. The molecule has 1 aromatic carbocycles. The van der Waals surface area contributed by atoms with Crippen LogP contribution in [-0.4, -0.2) is 32.7 Å². The lowest BCUT2D eigenvalue weighted by Gasteiger charge is -2.06. The van der Waals surface area contributed by atoms with Gasteiger partial charge < -0.3 is 15.4 Å². The van der Waals surface area contributed by atoms with E-state index in [1.807, 2.05) is 24.3 Å². The fraction of sp³-hybridized carbons (Fsp3) is 0.417. The third-order valence-electron chi connectivity index (χ3n) is 2.12. The molecule has 0 spiro atoms. The molecule has 17 heavy (non-hydrogen) atoms. The van der Waals surface area contributed by atoms with Gasteiger partial charge >= 0.3 is 0 Å². The summed E-state index contributed by atoms with van der Waals surface area (Å²) in [5, 5.41) is 5.86. The SMILES string of the molecule is COCCCNCC(=O)Nc1ccc(Br)cc1. The Bertz CT molecular complexity index is 341. The van der Waals surface area contributed by atoms with E-state index in [0.29, 0.717) is 13.2 Å². The summed E-state index contributed by atoms with van der Waals surface area (Å²) in [6, 6.07) is 7.49. The zero-order chi connectivity index (χ0) is 12.5. The lowest BCUT2D eigenvalue weighted by Crippen LogP contribution is -2.29. The molecular formula is C12H17BrN2O2. The van der Waals surface area contributed by atoms with E-state index in [9.17, 15) is 4.79 Å². The average molecular weight is 301 g/mol. The summed E-state index contributed by atoms with van der Waals surface area (Å²) in [5.74, 6) is -0.0373. The number of rotatable bonds is 7. The minimum absolute atomic E-state index is 0.0373. The minimum Gasteiger partial charge on any atom is -0.385 e. The molecule has 2 N–H and O–H groups in total. The second-order valence-electron chi connectivity index (χ2n) is 3.58. The maximum atomic E-state index is 11.5. The quantitative estimate of drug-likeness (QED) is 0.758. The maximum Gasteiger partial charge on any atom is 0.238 e. The van der Waals surface area contributed by atoms with Crippen molar-refractivity contribution in [2.75, 3.05) is 32.1 Å². The van der Waals surface area contributed by atoms with Crippen LogP contribution >= 0.6 is 15.9 Å². The van der Waals surface area contributed by atoms with Crippen LogP contribution in [0.4, 0.5) is 5.69 Å². The van der Waals surface area contributed by atoms with Crippen molar-refractivity contribution in [3.05, 3.63) is 28.7 Å². The van der Waals surface area contributed by atoms with Crippen molar-refractivity contribution in [1.82, 2.24) is 5.32 Å². The molecule has 0 saturated heterocycles. The Labute approximate surface area is 110 Å². The largest absolute Gasteiger partial charge is 0.385 e. The van der Waals surface area contributed by atoms with Gasteiger partial charge in [-0.1, -0.05) is 15.9 Å². The second-order valence-corrected chi connectivity index (χ2v) is 4.49. The number of nitrogens with one attached hydrogen (secondary N) is 2. The molecule has 94 valence electrons. The Morgan fingerprint density at radius 3 is 2.71 bits per heavy atom. The van der Waals surface area contributed by atoms with Crippen LogP contribution in [0.3, 0.4) is 0 Å². The number of amides is 1. The molecule has 0 aromatic heterocycles. The predicted molar refractivity (Wildman–Crippen MR) is 72.1 cm³/mol. The number of anilines is 1. The highest BCUT2D eigenvalue weighted by Crippen LogP contribution is 2.13. The Balaban J connectivity index is 2.18. The summed E-state index contributed by atoms with van der Waals surface area (Å²) >= 11 is 3.34. The number of carbonyl (C=O) groups is 1. The van der Waals surface area contributed by atoms with Gasteiger partial charge in [-0.05, 0) is 37.2 Å². The zero-order valence-corrected chi connectivity index (χ0v) is 11.4. The molecule has 0 aliphatic carbocycles. The van der Waals surface area contributed by atoms with Crippen molar-refractivity contribution in [2.45, 2.75) is 6.42 Å². The van der Waals surface area contributed by atoms with Gasteiger partial charge in [0.2, 0.25) is 5.91 Å². The first-order valence-electron chi connectivity index (χ1n) is 5.47. The number of hydrogen-bond acceptors (Lipinski definition) is 3. The van der Waals surface area contributed by atoms with Crippen LogP contribution in [0.5, 0.6) is 0 Å². The molecule has 0 bridgehead atoms. The summed E-state index contributed by atoms with van der Waals surface area (Å²) in [6.45, 7) is 1.81. The van der Waals surface area contributed by atoms with Gasteiger partial charge in [-0.15, -0.1) is 0 Å². The highest BCUT2D eigenvalue weighted by atomic mass is 79.9. The zero-order valence-electron chi connectivity index (χ0n) is 9.83. The highest BCUT2D eigenvalue weighted by Gasteiger charge is 2.01. The van der Waals surface area contributed by atoms with E-state index in [2.05, 4.69) is 26.6 Å². The van der Waals surface area contributed by atoms with Gasteiger partial charge in [0.05, 0.1) is 6.54 Å². The molecule has 0 unspecified atom stereocenters. The third-order valence-corrected chi connectivity index (χ3v) is 2.64. The Kier molecular flexibility index (Phi) is 6.84. The Morgan fingerprint density at radius 2 is 2.06 bits per heavy atom. The monoisotopic (exact) mass is 300 g/mol. The summed E-state index contributed by atoms with van der Waals surface area (Å²) in [6.07, 6.45) is 0.905. The highest BCUT2D eigenvalue weighted by molar-refractivity contribution is 9.10. The minimum atomic E-state index is -0.0373. The van der Waals surface area contributed by atoms with Crippen molar-refractivity contribution in [1.29, 1.82) is 0 Å². The number of hydrogen-bond donors (Lipinski definition) is 2. The first kappa shape index (κ1) is 14.2. The van der Waals surface area contributed by atoms with Crippen LogP contribution in [0.15, 0.2) is 28.7 Å². The predicted octanol–water partition coefficient (Wildman–Crippen LogP) is 2.01. The average Bonchev–Trinajstić information content (AvgIpc) is 2.32. The molecule has 0 aliphatic rings. The van der Waals surface area contributed by atoms with Crippen molar-refractivity contribution < 1.29 is 9.53 Å². The summed E-state index contributed by atoms with van der Waals surface area (Å²) in [5.41, 5.74) is 0.803. The summed E-state index contributed by atoms with van der Waals surface area (Å²) in [4.78, 5) is 11.5. The Morgan fingerprint density at radius 1 is 1.35 bits per heavy atom. The standard InChI is InChI=1S/C12H17BrN2O2/c1-17-8-2-7-14-9-12(16)15-11-5-3-10(13)4-6-11/h3-6,14H,2,7-9H2,1H3,(H,15,16). The first-order valence-corrected chi connectivity index (χ1v) is 6.27. The summed E-state index contributed by atoms with van der Waals surface area (Å²) < 4.78 is 5.90. The van der Waals surface area contributed by atoms with E-state index in [4.69, 9.17) is 4.74 Å². The second kappa shape index (κ2) is 8.22. The van der Waals surface area contributed by atoms with Crippen LogP contribution in [0.1, 0.15) is 6.42 Å². The lowest BCUT2D eigenvalue weighted by molar-refractivity contribution is -0.115. The molecule has 0 saturated carbocycles. The summed E-state index contributed by atoms with van der Waals surface area (Å²) in [7, 11) is 1.67. The first-order chi connectivity index (χ1) is 8.22. The van der Waals surface area contributed by atoms with Crippen LogP contribution in [0, 0.1) is 0 Å². The fourth-order valence-electron chi connectivity index (χ4n) is 1.28. The van der Waals surface area contributed by atoms with Gasteiger partial charge in [-0.2, -0.15) is 0 Å². The van der Waals surface area contributed by atoms with Gasteiger partial charge in [-0.3, -0.25) is 4.79 Å². The van der Waals surface area contributed by atoms with Crippen molar-refractivity contribution in [2.24, 2.45) is 0 Å². The van der Waals surface area contributed by atoms with Gasteiger partial charge in [0, 0.05) is 23.9 Å². The van der Waals surface area contributed by atoms with Crippen LogP contribution in [0.2, 0.25) is 0 Å². The number of ether oxygens (including phenoxy) is 1. The number of benzene rings is 1. The lowest BCUT2D eigenvalue weighted by atomic mass is 10.3. The fourth-order valence-corrected chi connectivity index (χ4v) is 1.55. The molecule has 0 heterocycles. The molecule has 0 aliphatic heterocycles. The Hall–Kier alpha value is -0.910. The van der Waals surface area contributed by atoms with Crippen molar-refractivity contribution in [3.8, 4) is 0 Å². The van der Waals surface area contributed by atoms with E-state index in [1.54, 1.807) is 7.11 Å². The van der Waals surface area contributed by atoms with E-state index in [-0.39, 0.29) is 5.91 Å². The van der Waals surface area contributed by atoms with Gasteiger partial charge in [-0.25, -0.2) is 0 Å². The van der Waals surface area contributed by atoms with Crippen LogP contribution in [-0.2, 0) is 9.53 Å². The van der Waals surface area contributed by atoms with Gasteiger partial charge in [0.25, 0.3) is 0 Å². The third kappa shape index (κ3) is 6.41. The van der Waals surface area contributed by atoms with Gasteiger partial charge in [0.1, 0.15) is 0 Å². The molecule has 1 aromatic rings. The molecule has 4 nitrogen and oxygen atoms in total. The maximum absolute atomic E-state index is 11.5. The molecule has 5 heteroatoms. The van der Waals surface area contributed by atoms with Gasteiger partial charge in [0.15, 0.2) is 0 Å². The van der Waals surface area contributed by atoms with E-state index in [1.165, 1.54) is 0 Å². The molecule has 1 rings (SSSR count). The molecule has 0 fully saturated rings. The van der Waals surface area contributed by atoms with Crippen LogP contribution in [0.25, 0.3) is 0 Å². The van der Waals surface area contributed by atoms with E-state index >= 15 is 0 Å². The topological polar surface area (TPSA) is 50.4 Å². The molecule has 0 radical (unpaired) electrons. The number of halogens is 1. The van der Waals surface area contributed by atoms with Crippen LogP contribution < -0.4 is 10.6 Å². The van der Waals surface area contributed by atoms with Crippen molar-refractivity contribution >= 4 is 27.5 Å². The number of carbonyl (C=O) groups excluding carboxylic acids is 1. The van der Waals surface area contributed by atoms with E-state index in [0.717, 1.165) is 23.1 Å². The normalized spacial score (nSPS) is 10.2. The molecule has 0 atom stereocenters.